The van der Waals surface area contributed by atoms with Gasteiger partial charge in [0, 0.05) is 38.1 Å². The monoisotopic (exact) mass is 275 g/mol. The highest BCUT2D eigenvalue weighted by Crippen LogP contribution is 2.44. The average Bonchev–Trinajstić information content (AvgIpc) is 3.30. The van der Waals surface area contributed by atoms with E-state index in [1.165, 1.54) is 0 Å². The van der Waals surface area contributed by atoms with Gasteiger partial charge in [0.15, 0.2) is 0 Å². The first-order valence-corrected chi connectivity index (χ1v) is 7.26. The molecule has 1 aromatic rings. The maximum atomic E-state index is 12.1. The molecule has 0 spiro atoms. The Labute approximate surface area is 118 Å². The van der Waals surface area contributed by atoms with Crippen molar-refractivity contribution in [1.82, 2.24) is 15.3 Å². The van der Waals surface area contributed by atoms with Crippen molar-refractivity contribution in [1.29, 1.82) is 0 Å². The van der Waals surface area contributed by atoms with Crippen LogP contribution in [0.5, 0.6) is 0 Å². The summed E-state index contributed by atoms with van der Waals surface area (Å²) in [5.41, 5.74) is 5.44. The van der Waals surface area contributed by atoms with E-state index in [0.717, 1.165) is 44.7 Å². The maximum absolute atomic E-state index is 12.1. The molecule has 2 heterocycles. The van der Waals surface area contributed by atoms with Gasteiger partial charge >= 0.3 is 0 Å². The second-order valence-corrected chi connectivity index (χ2v) is 5.77. The number of nitrogens with zero attached hydrogens (tertiary/aromatic N) is 3. The van der Waals surface area contributed by atoms with Crippen molar-refractivity contribution in [3.8, 4) is 0 Å². The number of carbonyl (C=O) groups is 1. The molecule has 1 aliphatic carbocycles. The summed E-state index contributed by atoms with van der Waals surface area (Å²) < 4.78 is 0. The van der Waals surface area contributed by atoms with Crippen molar-refractivity contribution >= 4 is 11.9 Å². The van der Waals surface area contributed by atoms with Gasteiger partial charge in [-0.2, -0.15) is 0 Å². The second-order valence-electron chi connectivity index (χ2n) is 5.77. The van der Waals surface area contributed by atoms with Crippen LogP contribution in [-0.4, -0.2) is 41.6 Å². The van der Waals surface area contributed by atoms with E-state index in [-0.39, 0.29) is 17.4 Å². The molecule has 0 atom stereocenters. The van der Waals surface area contributed by atoms with E-state index >= 15 is 0 Å². The SMILES string of the molecule is NCC1(C(=O)NC2CCN(c3ncccn3)CC2)CC1. The number of aromatic nitrogens is 2. The lowest BCUT2D eigenvalue weighted by Gasteiger charge is -2.33. The number of amides is 1. The number of rotatable bonds is 4. The number of carbonyl (C=O) groups excluding carboxylic acids is 1. The molecular weight excluding hydrogens is 254 g/mol. The highest BCUT2D eigenvalue weighted by atomic mass is 16.2. The van der Waals surface area contributed by atoms with Crippen molar-refractivity contribution in [2.75, 3.05) is 24.5 Å². The molecule has 2 fully saturated rings. The predicted octanol–water partition coefficient (Wildman–Crippen LogP) is 0.301. The molecule has 1 amide bonds. The standard InChI is InChI=1S/C14H21N5O/c15-10-14(4-5-14)12(20)18-11-2-8-19(9-3-11)13-16-6-1-7-17-13/h1,6-7,11H,2-5,8-10,15H2,(H,18,20). The molecule has 3 N–H and O–H groups in total. The molecule has 1 saturated carbocycles. The maximum Gasteiger partial charge on any atom is 0.227 e. The third-order valence-electron chi connectivity index (χ3n) is 4.39. The summed E-state index contributed by atoms with van der Waals surface area (Å²) in [7, 11) is 0. The first-order valence-electron chi connectivity index (χ1n) is 7.26. The summed E-state index contributed by atoms with van der Waals surface area (Å²) >= 11 is 0. The van der Waals surface area contributed by atoms with Crippen LogP contribution < -0.4 is 16.0 Å². The minimum atomic E-state index is -0.250. The molecule has 1 aliphatic heterocycles. The van der Waals surface area contributed by atoms with Crippen LogP contribution in [0.2, 0.25) is 0 Å². The summed E-state index contributed by atoms with van der Waals surface area (Å²) in [4.78, 5) is 22.8. The normalized spacial score (nSPS) is 21.6. The van der Waals surface area contributed by atoms with Gasteiger partial charge in [-0.3, -0.25) is 4.79 Å². The van der Waals surface area contributed by atoms with Crippen molar-refractivity contribution < 1.29 is 4.79 Å². The van der Waals surface area contributed by atoms with Crippen molar-refractivity contribution in [3.63, 3.8) is 0 Å². The summed E-state index contributed by atoms with van der Waals surface area (Å²) in [5.74, 6) is 0.923. The molecular formula is C14H21N5O. The quantitative estimate of drug-likeness (QED) is 0.825. The lowest BCUT2D eigenvalue weighted by molar-refractivity contribution is -0.126. The number of anilines is 1. The smallest absolute Gasteiger partial charge is 0.227 e. The first-order chi connectivity index (χ1) is 9.73. The van der Waals surface area contributed by atoms with Crippen LogP contribution in [0.3, 0.4) is 0 Å². The van der Waals surface area contributed by atoms with Crippen molar-refractivity contribution in [3.05, 3.63) is 18.5 Å². The molecule has 20 heavy (non-hydrogen) atoms. The third-order valence-corrected chi connectivity index (χ3v) is 4.39. The summed E-state index contributed by atoms with van der Waals surface area (Å²) in [5, 5.41) is 3.16. The Morgan fingerprint density at radius 2 is 2.00 bits per heavy atom. The molecule has 6 heteroatoms. The zero-order valence-electron chi connectivity index (χ0n) is 11.6. The van der Waals surface area contributed by atoms with Crippen LogP contribution >= 0.6 is 0 Å². The van der Waals surface area contributed by atoms with Gasteiger partial charge in [-0.1, -0.05) is 0 Å². The fourth-order valence-electron chi connectivity index (χ4n) is 2.69. The molecule has 1 aromatic heterocycles. The fourth-order valence-corrected chi connectivity index (χ4v) is 2.69. The second kappa shape index (κ2) is 5.36. The summed E-state index contributed by atoms with van der Waals surface area (Å²) in [6, 6.07) is 2.07. The molecule has 0 aromatic carbocycles. The predicted molar refractivity (Wildman–Crippen MR) is 76.1 cm³/mol. The number of nitrogens with one attached hydrogen (secondary N) is 1. The van der Waals surface area contributed by atoms with E-state index in [4.69, 9.17) is 5.73 Å². The van der Waals surface area contributed by atoms with E-state index in [0.29, 0.717) is 6.54 Å². The molecule has 0 unspecified atom stereocenters. The Kier molecular flexibility index (Phi) is 3.56. The van der Waals surface area contributed by atoms with E-state index < -0.39 is 0 Å². The number of piperidine rings is 1. The largest absolute Gasteiger partial charge is 0.353 e. The van der Waals surface area contributed by atoms with Gasteiger partial charge in [-0.05, 0) is 31.7 Å². The minimum absolute atomic E-state index is 0.148. The zero-order chi connectivity index (χ0) is 14.0. The molecule has 108 valence electrons. The lowest BCUT2D eigenvalue weighted by atomic mass is 10.0. The number of hydrogen-bond donors (Lipinski definition) is 2. The van der Waals surface area contributed by atoms with Gasteiger partial charge in [0.2, 0.25) is 11.9 Å². The van der Waals surface area contributed by atoms with Gasteiger partial charge < -0.3 is 16.0 Å². The zero-order valence-corrected chi connectivity index (χ0v) is 11.6. The van der Waals surface area contributed by atoms with Gasteiger partial charge in [-0.15, -0.1) is 0 Å². The van der Waals surface area contributed by atoms with Crippen LogP contribution in [0.4, 0.5) is 5.95 Å². The minimum Gasteiger partial charge on any atom is -0.353 e. The van der Waals surface area contributed by atoms with Crippen molar-refractivity contribution in [2.24, 2.45) is 11.1 Å². The molecule has 3 rings (SSSR count). The molecule has 6 nitrogen and oxygen atoms in total. The number of hydrogen-bond acceptors (Lipinski definition) is 5. The van der Waals surface area contributed by atoms with E-state index in [2.05, 4.69) is 20.2 Å². The number of nitrogens with two attached hydrogens (primary N) is 1. The molecule has 0 bridgehead atoms. The molecule has 2 aliphatic rings. The van der Waals surface area contributed by atoms with Gasteiger partial charge in [-0.25, -0.2) is 9.97 Å². The summed E-state index contributed by atoms with van der Waals surface area (Å²) in [6.45, 7) is 2.23. The third kappa shape index (κ3) is 2.60. The van der Waals surface area contributed by atoms with Gasteiger partial charge in [0.05, 0.1) is 5.41 Å². The summed E-state index contributed by atoms with van der Waals surface area (Å²) in [6.07, 6.45) is 7.26. The van der Waals surface area contributed by atoms with Crippen LogP contribution in [-0.2, 0) is 4.79 Å². The topological polar surface area (TPSA) is 84.1 Å². The Morgan fingerprint density at radius 1 is 1.35 bits per heavy atom. The molecule has 0 radical (unpaired) electrons. The van der Waals surface area contributed by atoms with Gasteiger partial charge in [0.25, 0.3) is 0 Å². The van der Waals surface area contributed by atoms with Gasteiger partial charge in [0.1, 0.15) is 0 Å². The Hall–Kier alpha value is -1.69. The molecule has 1 saturated heterocycles. The first kappa shape index (κ1) is 13.3. The Morgan fingerprint density at radius 3 is 2.55 bits per heavy atom. The average molecular weight is 275 g/mol. The van der Waals surface area contributed by atoms with E-state index in [1.54, 1.807) is 12.4 Å². The van der Waals surface area contributed by atoms with Crippen LogP contribution in [0, 0.1) is 5.41 Å². The van der Waals surface area contributed by atoms with Crippen molar-refractivity contribution in [2.45, 2.75) is 31.7 Å². The fraction of sp³-hybridized carbons (Fsp3) is 0.643. The highest BCUT2D eigenvalue weighted by Gasteiger charge is 2.48. The van der Waals surface area contributed by atoms with E-state index in [1.807, 2.05) is 6.07 Å². The van der Waals surface area contributed by atoms with Crippen LogP contribution in [0.15, 0.2) is 18.5 Å². The van der Waals surface area contributed by atoms with E-state index in [9.17, 15) is 4.79 Å². The highest BCUT2D eigenvalue weighted by molar-refractivity contribution is 5.85. The van der Waals surface area contributed by atoms with Crippen LogP contribution in [0.25, 0.3) is 0 Å². The Balaban J connectivity index is 1.50. The Bertz CT molecular complexity index is 466. The van der Waals surface area contributed by atoms with Crippen LogP contribution in [0.1, 0.15) is 25.7 Å². The lowest BCUT2D eigenvalue weighted by Crippen LogP contribution is -2.48.